The molecule has 2 aliphatic rings. The van der Waals surface area contributed by atoms with Crippen molar-refractivity contribution < 1.29 is 4.79 Å². The third kappa shape index (κ3) is 2.05. The average Bonchev–Trinajstić information content (AvgIpc) is 3.19. The molecule has 16 heavy (non-hydrogen) atoms. The molecule has 0 bridgehead atoms. The second kappa shape index (κ2) is 3.85. The lowest BCUT2D eigenvalue weighted by Gasteiger charge is -2.16. The number of amides is 1. The molecule has 2 fully saturated rings. The predicted octanol–water partition coefficient (Wildman–Crippen LogP) is 1.39. The van der Waals surface area contributed by atoms with Crippen molar-refractivity contribution in [2.24, 2.45) is 11.8 Å². The van der Waals surface area contributed by atoms with E-state index in [0.29, 0.717) is 23.6 Å². The van der Waals surface area contributed by atoms with E-state index in [0.717, 1.165) is 0 Å². The van der Waals surface area contributed by atoms with Crippen LogP contribution >= 0.6 is 0 Å². The Morgan fingerprint density at radius 1 is 1.25 bits per heavy atom. The zero-order valence-corrected chi connectivity index (χ0v) is 9.10. The van der Waals surface area contributed by atoms with Gasteiger partial charge in [-0.15, -0.1) is 0 Å². The molecule has 0 atom stereocenters. The van der Waals surface area contributed by atoms with Gasteiger partial charge in [0.25, 0.3) is 5.91 Å². The van der Waals surface area contributed by atoms with E-state index in [4.69, 9.17) is 0 Å². The van der Waals surface area contributed by atoms with Crippen LogP contribution in [0.3, 0.4) is 0 Å². The van der Waals surface area contributed by atoms with Gasteiger partial charge in [-0.1, -0.05) is 0 Å². The van der Waals surface area contributed by atoms with Gasteiger partial charge in [-0.3, -0.25) is 9.78 Å². The van der Waals surface area contributed by atoms with E-state index in [-0.39, 0.29) is 5.91 Å². The number of nitrogens with zero attached hydrogens (tertiary/aromatic N) is 2. The Morgan fingerprint density at radius 2 is 1.94 bits per heavy atom. The summed E-state index contributed by atoms with van der Waals surface area (Å²) in [6, 6.07) is 0.384. The van der Waals surface area contributed by atoms with Crippen molar-refractivity contribution in [2.45, 2.75) is 31.7 Å². The highest BCUT2D eigenvalue weighted by atomic mass is 16.2. The van der Waals surface area contributed by atoms with Crippen LogP contribution in [0.5, 0.6) is 0 Å². The summed E-state index contributed by atoms with van der Waals surface area (Å²) < 4.78 is 0. The smallest absolute Gasteiger partial charge is 0.271 e. The molecule has 0 radical (unpaired) electrons. The molecule has 4 heteroatoms. The fourth-order valence-electron chi connectivity index (χ4n) is 2.17. The van der Waals surface area contributed by atoms with E-state index < -0.39 is 0 Å². The fourth-order valence-corrected chi connectivity index (χ4v) is 2.17. The van der Waals surface area contributed by atoms with Gasteiger partial charge in [0.05, 0.1) is 6.20 Å². The Bertz CT molecular complexity index is 373. The number of hydrogen-bond donors (Lipinski definition) is 1. The van der Waals surface area contributed by atoms with Gasteiger partial charge in [0.1, 0.15) is 5.69 Å². The van der Waals surface area contributed by atoms with E-state index in [9.17, 15) is 4.79 Å². The van der Waals surface area contributed by atoms with Crippen LogP contribution in [0.1, 0.15) is 36.2 Å². The molecule has 84 valence electrons. The maximum Gasteiger partial charge on any atom is 0.271 e. The van der Waals surface area contributed by atoms with Gasteiger partial charge in [-0.2, -0.15) is 0 Å². The second-order valence-electron chi connectivity index (χ2n) is 4.76. The number of carbonyl (C=O) groups is 1. The molecule has 1 amide bonds. The Labute approximate surface area is 94.5 Å². The summed E-state index contributed by atoms with van der Waals surface area (Å²) in [7, 11) is 0. The number of carbonyl (C=O) groups excluding carboxylic acids is 1. The lowest BCUT2D eigenvalue weighted by molar-refractivity contribution is 0.0921. The maximum absolute atomic E-state index is 11.9. The molecule has 0 aliphatic heterocycles. The monoisotopic (exact) mass is 217 g/mol. The lowest BCUT2D eigenvalue weighted by atomic mass is 10.1. The number of aromatic nitrogens is 2. The highest BCUT2D eigenvalue weighted by Crippen LogP contribution is 2.44. The Kier molecular flexibility index (Phi) is 2.35. The highest BCUT2D eigenvalue weighted by molar-refractivity contribution is 5.92. The first-order valence-electron chi connectivity index (χ1n) is 5.91. The number of hydrogen-bond acceptors (Lipinski definition) is 3. The fraction of sp³-hybridized carbons (Fsp3) is 0.583. The van der Waals surface area contributed by atoms with Crippen molar-refractivity contribution in [1.82, 2.24) is 15.3 Å². The van der Waals surface area contributed by atoms with Crippen molar-refractivity contribution >= 4 is 5.91 Å². The molecule has 3 rings (SSSR count). The van der Waals surface area contributed by atoms with E-state index in [1.165, 1.54) is 31.9 Å². The molecule has 2 aliphatic carbocycles. The zero-order chi connectivity index (χ0) is 11.0. The summed E-state index contributed by atoms with van der Waals surface area (Å²) in [5.74, 6) is 1.36. The number of rotatable bonds is 4. The molecular formula is C12H15N3O. The largest absolute Gasteiger partial charge is 0.347 e. The van der Waals surface area contributed by atoms with Crippen molar-refractivity contribution in [1.29, 1.82) is 0 Å². The average molecular weight is 217 g/mol. The van der Waals surface area contributed by atoms with Gasteiger partial charge in [0.15, 0.2) is 0 Å². The summed E-state index contributed by atoms with van der Waals surface area (Å²) in [5.41, 5.74) is 0.425. The molecule has 0 spiro atoms. The van der Waals surface area contributed by atoms with Crippen molar-refractivity contribution in [3.8, 4) is 0 Å². The minimum absolute atomic E-state index is 0.0723. The van der Waals surface area contributed by atoms with Crippen molar-refractivity contribution in [2.75, 3.05) is 0 Å². The Balaban J connectivity index is 1.66. The van der Waals surface area contributed by atoms with Gasteiger partial charge in [-0.05, 0) is 37.5 Å². The van der Waals surface area contributed by atoms with Crippen LogP contribution in [0, 0.1) is 11.8 Å². The van der Waals surface area contributed by atoms with Crippen molar-refractivity contribution in [3.63, 3.8) is 0 Å². The summed E-state index contributed by atoms with van der Waals surface area (Å²) in [6.45, 7) is 0. The van der Waals surface area contributed by atoms with Crippen LogP contribution in [0.2, 0.25) is 0 Å². The first kappa shape index (κ1) is 9.75. The van der Waals surface area contributed by atoms with Crippen LogP contribution in [0.15, 0.2) is 18.6 Å². The van der Waals surface area contributed by atoms with Crippen LogP contribution < -0.4 is 5.32 Å². The zero-order valence-electron chi connectivity index (χ0n) is 9.10. The quantitative estimate of drug-likeness (QED) is 0.829. The molecule has 1 aromatic heterocycles. The molecule has 2 saturated carbocycles. The van der Waals surface area contributed by atoms with E-state index >= 15 is 0 Å². The molecule has 1 N–H and O–H groups in total. The maximum atomic E-state index is 11.9. The van der Waals surface area contributed by atoms with E-state index in [2.05, 4.69) is 15.3 Å². The Morgan fingerprint density at radius 3 is 2.44 bits per heavy atom. The van der Waals surface area contributed by atoms with E-state index in [1.807, 2.05) is 0 Å². The molecule has 0 saturated heterocycles. The molecule has 1 heterocycles. The van der Waals surface area contributed by atoms with Crippen LogP contribution in [0.25, 0.3) is 0 Å². The summed E-state index contributed by atoms with van der Waals surface area (Å²) >= 11 is 0. The van der Waals surface area contributed by atoms with Gasteiger partial charge in [0, 0.05) is 18.4 Å². The molecule has 0 unspecified atom stereocenters. The minimum atomic E-state index is -0.0723. The first-order valence-corrected chi connectivity index (χ1v) is 5.91. The van der Waals surface area contributed by atoms with Crippen LogP contribution in [-0.4, -0.2) is 21.9 Å². The highest BCUT2D eigenvalue weighted by Gasteiger charge is 2.42. The molecular weight excluding hydrogens is 202 g/mol. The second-order valence-corrected chi connectivity index (χ2v) is 4.76. The first-order chi connectivity index (χ1) is 7.84. The SMILES string of the molecule is O=C(NC(C1CC1)C1CC1)c1cnccn1. The lowest BCUT2D eigenvalue weighted by Crippen LogP contribution is -2.38. The van der Waals surface area contributed by atoms with Crippen molar-refractivity contribution in [3.05, 3.63) is 24.3 Å². The van der Waals surface area contributed by atoms with Crippen LogP contribution in [-0.2, 0) is 0 Å². The van der Waals surface area contributed by atoms with Gasteiger partial charge < -0.3 is 5.32 Å². The molecule has 4 nitrogen and oxygen atoms in total. The molecule has 0 aromatic carbocycles. The topological polar surface area (TPSA) is 54.9 Å². The summed E-state index contributed by atoms with van der Waals surface area (Å²) in [6.07, 6.45) is 9.72. The minimum Gasteiger partial charge on any atom is -0.347 e. The third-order valence-electron chi connectivity index (χ3n) is 3.35. The van der Waals surface area contributed by atoms with Crippen LogP contribution in [0.4, 0.5) is 0 Å². The van der Waals surface area contributed by atoms with Gasteiger partial charge >= 0.3 is 0 Å². The molecule has 1 aromatic rings. The summed E-state index contributed by atoms with van der Waals surface area (Å²) in [5, 5.41) is 3.12. The number of nitrogens with one attached hydrogen (secondary N) is 1. The third-order valence-corrected chi connectivity index (χ3v) is 3.35. The summed E-state index contributed by atoms with van der Waals surface area (Å²) in [4.78, 5) is 19.8. The predicted molar refractivity (Wildman–Crippen MR) is 58.7 cm³/mol. The normalized spacial score (nSPS) is 19.8. The van der Waals surface area contributed by atoms with E-state index in [1.54, 1.807) is 12.4 Å². The van der Waals surface area contributed by atoms with Gasteiger partial charge in [-0.25, -0.2) is 4.98 Å². The van der Waals surface area contributed by atoms with Gasteiger partial charge in [0.2, 0.25) is 0 Å². The standard InChI is InChI=1S/C12H15N3O/c16-12(10-7-13-5-6-14-10)15-11(8-1-2-8)9-3-4-9/h5-9,11H,1-4H2,(H,15,16). The Hall–Kier alpha value is -1.45.